The van der Waals surface area contributed by atoms with Crippen molar-refractivity contribution in [1.82, 2.24) is 0 Å². The predicted octanol–water partition coefficient (Wildman–Crippen LogP) is 0.527. The molecule has 0 aliphatic heterocycles. The summed E-state index contributed by atoms with van der Waals surface area (Å²) in [5.74, 6) is -0.333. The molecule has 0 radical (unpaired) electrons. The van der Waals surface area contributed by atoms with Crippen LogP contribution in [0.25, 0.3) is 0 Å². The number of hydrogen-bond donors (Lipinski definition) is 0. The second kappa shape index (κ2) is 2.82. The zero-order chi connectivity index (χ0) is 7.56. The lowest BCUT2D eigenvalue weighted by atomic mass is 9.83. The molecule has 0 aromatic carbocycles. The molecule has 1 aliphatic rings. The minimum absolute atomic E-state index is 0.0381. The molecule has 0 aromatic rings. The van der Waals surface area contributed by atoms with Crippen LogP contribution in [0, 0.1) is 5.92 Å². The van der Waals surface area contributed by atoms with Gasteiger partial charge in [-0.1, -0.05) is 0 Å². The second-order valence-electron chi connectivity index (χ2n) is 2.53. The Balaban J connectivity index is 2.29. The van der Waals surface area contributed by atoms with Crippen molar-refractivity contribution in [2.24, 2.45) is 5.92 Å². The van der Waals surface area contributed by atoms with Crippen molar-refractivity contribution in [2.45, 2.75) is 25.9 Å². The summed E-state index contributed by atoms with van der Waals surface area (Å²) in [6.07, 6.45) is 2.43. The molecular formula is C7H10O3. The van der Waals surface area contributed by atoms with Gasteiger partial charge in [0.25, 0.3) is 0 Å². The van der Waals surface area contributed by atoms with Gasteiger partial charge in [0.05, 0.1) is 5.92 Å². The second-order valence-corrected chi connectivity index (χ2v) is 2.53. The van der Waals surface area contributed by atoms with Crippen LogP contribution < -0.4 is 0 Å². The van der Waals surface area contributed by atoms with Gasteiger partial charge in [0.1, 0.15) is 12.4 Å². The van der Waals surface area contributed by atoms with Crippen LogP contribution in [0.5, 0.6) is 0 Å². The van der Waals surface area contributed by atoms with Crippen molar-refractivity contribution in [1.29, 1.82) is 0 Å². The van der Waals surface area contributed by atoms with Gasteiger partial charge in [0, 0.05) is 6.92 Å². The molecular weight excluding hydrogens is 132 g/mol. The van der Waals surface area contributed by atoms with Gasteiger partial charge < -0.3 is 9.53 Å². The van der Waals surface area contributed by atoms with Gasteiger partial charge in [-0.25, -0.2) is 0 Å². The lowest BCUT2D eigenvalue weighted by Crippen LogP contribution is -2.36. The SMILES string of the molecule is CC(=O)O[C@@H]1CC[C@H]1C=O. The first-order chi connectivity index (χ1) is 4.74. The molecule has 0 N–H and O–H groups in total. The van der Waals surface area contributed by atoms with Gasteiger partial charge in [0.2, 0.25) is 0 Å². The quantitative estimate of drug-likeness (QED) is 0.417. The molecule has 0 saturated heterocycles. The lowest BCUT2D eigenvalue weighted by Gasteiger charge is -2.31. The molecule has 1 fully saturated rings. The molecule has 56 valence electrons. The summed E-state index contributed by atoms with van der Waals surface area (Å²) in [7, 11) is 0. The van der Waals surface area contributed by atoms with E-state index in [2.05, 4.69) is 0 Å². The van der Waals surface area contributed by atoms with Crippen molar-refractivity contribution < 1.29 is 14.3 Å². The Morgan fingerprint density at radius 1 is 1.60 bits per heavy atom. The number of esters is 1. The van der Waals surface area contributed by atoms with Gasteiger partial charge in [0.15, 0.2) is 0 Å². The first kappa shape index (κ1) is 7.25. The first-order valence-electron chi connectivity index (χ1n) is 3.36. The molecule has 0 spiro atoms. The van der Waals surface area contributed by atoms with E-state index >= 15 is 0 Å². The van der Waals surface area contributed by atoms with E-state index in [0.29, 0.717) is 0 Å². The van der Waals surface area contributed by atoms with Crippen LogP contribution in [0.1, 0.15) is 19.8 Å². The van der Waals surface area contributed by atoms with Crippen LogP contribution in [0.3, 0.4) is 0 Å². The average molecular weight is 142 g/mol. The van der Waals surface area contributed by atoms with E-state index in [0.717, 1.165) is 19.1 Å². The van der Waals surface area contributed by atoms with Gasteiger partial charge in [-0.05, 0) is 12.8 Å². The van der Waals surface area contributed by atoms with E-state index in [-0.39, 0.29) is 18.0 Å². The van der Waals surface area contributed by atoms with E-state index in [1.165, 1.54) is 6.92 Å². The fourth-order valence-electron chi connectivity index (χ4n) is 1.01. The third-order valence-electron chi connectivity index (χ3n) is 1.75. The normalized spacial score (nSPS) is 30.5. The molecule has 0 amide bonds. The fourth-order valence-corrected chi connectivity index (χ4v) is 1.01. The van der Waals surface area contributed by atoms with Crippen LogP contribution in [0.2, 0.25) is 0 Å². The van der Waals surface area contributed by atoms with Crippen LogP contribution in [0.15, 0.2) is 0 Å². The largest absolute Gasteiger partial charge is 0.462 e. The fraction of sp³-hybridized carbons (Fsp3) is 0.714. The Labute approximate surface area is 59.4 Å². The number of hydrogen-bond acceptors (Lipinski definition) is 3. The summed E-state index contributed by atoms with van der Waals surface area (Å²) in [4.78, 5) is 20.6. The highest BCUT2D eigenvalue weighted by atomic mass is 16.5. The van der Waals surface area contributed by atoms with Gasteiger partial charge in [-0.2, -0.15) is 0 Å². The van der Waals surface area contributed by atoms with Crippen molar-refractivity contribution in [3.05, 3.63) is 0 Å². The summed E-state index contributed by atoms with van der Waals surface area (Å²) < 4.78 is 4.82. The maximum atomic E-state index is 10.4. The third-order valence-corrected chi connectivity index (χ3v) is 1.75. The summed E-state index contributed by atoms with van der Waals surface area (Å²) in [6, 6.07) is 0. The predicted molar refractivity (Wildman–Crippen MR) is 34.3 cm³/mol. The standard InChI is InChI=1S/C7H10O3/c1-5(9)10-7-3-2-6(7)4-8/h4,6-7H,2-3H2,1H3/t6-,7+/m0/s1. The molecule has 3 heteroatoms. The van der Waals surface area contributed by atoms with Crippen LogP contribution in [0.4, 0.5) is 0 Å². The smallest absolute Gasteiger partial charge is 0.302 e. The first-order valence-corrected chi connectivity index (χ1v) is 3.36. The highest BCUT2D eigenvalue weighted by molar-refractivity contribution is 5.67. The highest BCUT2D eigenvalue weighted by Crippen LogP contribution is 2.28. The van der Waals surface area contributed by atoms with Crippen LogP contribution in [-0.2, 0) is 14.3 Å². The van der Waals surface area contributed by atoms with E-state index in [1.807, 2.05) is 0 Å². The Kier molecular flexibility index (Phi) is 2.04. The van der Waals surface area contributed by atoms with Gasteiger partial charge in [-0.3, -0.25) is 4.79 Å². The Hall–Kier alpha value is -0.860. The maximum absolute atomic E-state index is 10.4. The Bertz CT molecular complexity index is 153. The van der Waals surface area contributed by atoms with Crippen molar-refractivity contribution in [2.75, 3.05) is 0 Å². The van der Waals surface area contributed by atoms with E-state index < -0.39 is 0 Å². The molecule has 3 nitrogen and oxygen atoms in total. The van der Waals surface area contributed by atoms with Crippen molar-refractivity contribution >= 4 is 12.3 Å². The molecule has 10 heavy (non-hydrogen) atoms. The Morgan fingerprint density at radius 3 is 2.60 bits per heavy atom. The van der Waals surface area contributed by atoms with Gasteiger partial charge >= 0.3 is 5.97 Å². The summed E-state index contributed by atoms with van der Waals surface area (Å²) in [6.45, 7) is 1.36. The Morgan fingerprint density at radius 2 is 2.30 bits per heavy atom. The maximum Gasteiger partial charge on any atom is 0.302 e. The average Bonchev–Trinajstić information content (AvgIpc) is 1.82. The molecule has 1 saturated carbocycles. The number of carbonyl (C=O) groups excluding carboxylic acids is 2. The van der Waals surface area contributed by atoms with E-state index in [9.17, 15) is 9.59 Å². The number of rotatable bonds is 2. The monoisotopic (exact) mass is 142 g/mol. The molecule has 1 aliphatic carbocycles. The van der Waals surface area contributed by atoms with E-state index in [4.69, 9.17) is 4.74 Å². The third kappa shape index (κ3) is 1.35. The van der Waals surface area contributed by atoms with Crippen LogP contribution >= 0.6 is 0 Å². The number of carbonyl (C=O) groups is 2. The lowest BCUT2D eigenvalue weighted by molar-refractivity contribution is -0.155. The number of ether oxygens (including phenoxy) is 1. The minimum atomic E-state index is -0.295. The molecule has 0 unspecified atom stereocenters. The van der Waals surface area contributed by atoms with Crippen molar-refractivity contribution in [3.8, 4) is 0 Å². The summed E-state index contributed by atoms with van der Waals surface area (Å²) >= 11 is 0. The molecule has 1 rings (SSSR count). The van der Waals surface area contributed by atoms with Crippen molar-refractivity contribution in [3.63, 3.8) is 0 Å². The molecule has 0 aromatic heterocycles. The summed E-state index contributed by atoms with van der Waals surface area (Å²) in [5, 5.41) is 0. The zero-order valence-electron chi connectivity index (χ0n) is 5.87. The summed E-state index contributed by atoms with van der Waals surface area (Å²) in [5.41, 5.74) is 0. The topological polar surface area (TPSA) is 43.4 Å². The molecule has 2 atom stereocenters. The molecule has 0 heterocycles. The van der Waals surface area contributed by atoms with Crippen LogP contribution in [-0.4, -0.2) is 18.4 Å². The van der Waals surface area contributed by atoms with E-state index in [1.54, 1.807) is 0 Å². The molecule has 0 bridgehead atoms. The number of aldehydes is 1. The zero-order valence-corrected chi connectivity index (χ0v) is 5.87. The highest BCUT2D eigenvalue weighted by Gasteiger charge is 2.32. The minimum Gasteiger partial charge on any atom is -0.462 e. The van der Waals surface area contributed by atoms with Gasteiger partial charge in [-0.15, -0.1) is 0 Å².